The first-order valence-electron chi connectivity index (χ1n) is 1.55. The Bertz CT molecular complexity index is 76.1. The average Bonchev–Trinajstić information content (AvgIpc) is 1.19. The van der Waals surface area contributed by atoms with Crippen LogP contribution in [-0.2, 0) is 22.6 Å². The molecule has 6 N–H and O–H groups in total. The maximum absolute atomic E-state index is 8.74. The van der Waals surface area contributed by atoms with Crippen LogP contribution >= 0.6 is 0 Å². The van der Waals surface area contributed by atoms with E-state index in [0.29, 0.717) is 0 Å². The normalized spacial score (nSPS) is 8.40. The van der Waals surface area contributed by atoms with Crippen LogP contribution in [0, 0.1) is 0 Å². The Labute approximate surface area is 103 Å². The Morgan fingerprint density at radius 1 is 1.00 bits per heavy atom. The Kier molecular flexibility index (Phi) is 15.7. The van der Waals surface area contributed by atoms with Crippen molar-refractivity contribution >= 4 is 58.1 Å². The standard InChI is InChI=1S/Ba.H2O3Si.4H2O.Ti.2H/c;1-4(2)3;;;;;;;/h;1-2H;4*1H2;;;/q;;;;;;+4;;/p-4. The first-order chi connectivity index (χ1) is 3.73. The van der Waals surface area contributed by atoms with Crippen molar-refractivity contribution in [2.24, 2.45) is 0 Å². The predicted octanol–water partition coefficient (Wildman–Crippen LogP) is -4.76. The van der Waals surface area contributed by atoms with Crippen LogP contribution in [-0.4, -0.2) is 82.4 Å². The number of hydrogen-bond acceptors (Lipinski definition) is 5. The molecule has 0 amide bonds. The molecular weight excluding hydrogens is 325 g/mol. The molecule has 10 heavy (non-hydrogen) atoms. The third-order valence-corrected chi connectivity index (χ3v) is 0. The second kappa shape index (κ2) is 8.84. The molecule has 0 fully saturated rings. The van der Waals surface area contributed by atoms with Gasteiger partial charge in [0, 0.05) is 0 Å². The third kappa shape index (κ3) is 245. The SMILES string of the molecule is O=[Si](O)O.[BaH2].[OH][Ti]([OH])([OH])[OH]. The van der Waals surface area contributed by atoms with Crippen molar-refractivity contribution in [2.75, 3.05) is 0 Å². The quantitative estimate of drug-likeness (QED) is 0.245. The van der Waals surface area contributed by atoms with Gasteiger partial charge in [-0.15, -0.1) is 0 Å². The van der Waals surface area contributed by atoms with Gasteiger partial charge in [0.15, 0.2) is 0 Å². The molecule has 0 spiro atoms. The Balaban J connectivity index is -0.0000000910. The third-order valence-electron chi connectivity index (χ3n) is 0. The van der Waals surface area contributed by atoms with E-state index in [1.54, 1.807) is 0 Å². The number of hydrogen-bond donors (Lipinski definition) is 6. The minimum absolute atomic E-state index is 0. The molecule has 0 aliphatic heterocycles. The van der Waals surface area contributed by atoms with E-state index in [1.165, 1.54) is 0 Å². The fraction of sp³-hybridized carbons (Fsp3) is 0. The van der Waals surface area contributed by atoms with E-state index in [4.69, 9.17) is 28.8 Å². The molecule has 0 aromatic heterocycles. The summed E-state index contributed by atoms with van der Waals surface area (Å²) in [6, 6.07) is 0. The minimum atomic E-state index is -5.00. The summed E-state index contributed by atoms with van der Waals surface area (Å²) in [7, 11) is -3.13. The van der Waals surface area contributed by atoms with Gasteiger partial charge in [0.05, 0.1) is 0 Å². The molecule has 0 aromatic carbocycles. The van der Waals surface area contributed by atoms with E-state index in [0.717, 1.165) is 0 Å². The molecule has 7 nitrogen and oxygen atoms in total. The van der Waals surface area contributed by atoms with E-state index in [-0.39, 0.29) is 48.9 Å². The Hall–Kier alpha value is 1.74. The maximum atomic E-state index is 8.74. The molecule has 0 aliphatic rings. The second-order valence-corrected chi connectivity index (χ2v) is 3.32. The van der Waals surface area contributed by atoms with Gasteiger partial charge in [0.1, 0.15) is 0 Å². The van der Waals surface area contributed by atoms with Gasteiger partial charge < -0.3 is 9.59 Å². The summed E-state index contributed by atoms with van der Waals surface area (Å²) in [5.74, 6) is 0. The van der Waals surface area contributed by atoms with E-state index in [1.807, 2.05) is 0 Å². The van der Waals surface area contributed by atoms with Gasteiger partial charge in [0.2, 0.25) is 0 Å². The van der Waals surface area contributed by atoms with E-state index < -0.39 is 27.3 Å². The monoisotopic (exact) mass is 334 g/mol. The van der Waals surface area contributed by atoms with Crippen molar-refractivity contribution in [3.8, 4) is 0 Å². The van der Waals surface area contributed by atoms with E-state index in [2.05, 4.69) is 0 Å². The first kappa shape index (κ1) is 17.7. The fourth-order valence-electron chi connectivity index (χ4n) is 0. The molecule has 60 valence electrons. The summed E-state index contributed by atoms with van der Waals surface area (Å²) in [5, 5.41) is 0. The van der Waals surface area contributed by atoms with Crippen molar-refractivity contribution in [1.29, 1.82) is 0 Å². The van der Waals surface area contributed by atoms with Crippen LogP contribution in [0.3, 0.4) is 0 Å². The molecule has 0 aliphatic carbocycles. The molecule has 0 atom stereocenters. The van der Waals surface area contributed by atoms with Gasteiger partial charge in [-0.2, -0.15) is 0 Å². The van der Waals surface area contributed by atoms with Gasteiger partial charge in [-0.3, -0.25) is 4.46 Å². The van der Waals surface area contributed by atoms with Crippen LogP contribution < -0.4 is 0 Å². The van der Waals surface area contributed by atoms with Gasteiger partial charge in [-0.05, 0) is 0 Å². The summed E-state index contributed by atoms with van der Waals surface area (Å²) in [5.41, 5.74) is 0. The van der Waals surface area contributed by atoms with Gasteiger partial charge in [-0.1, -0.05) is 0 Å². The fourth-order valence-corrected chi connectivity index (χ4v) is 0. The van der Waals surface area contributed by atoms with Crippen LogP contribution in [0.4, 0.5) is 0 Å². The van der Waals surface area contributed by atoms with Crippen molar-refractivity contribution in [3.05, 3.63) is 0 Å². The molecular formula is H8BaO7SiTi. The zero-order valence-electron chi connectivity index (χ0n) is 4.09. The summed E-state index contributed by atoms with van der Waals surface area (Å²) >= 11 is -5.00. The van der Waals surface area contributed by atoms with Crippen molar-refractivity contribution < 1.29 is 46.9 Å². The van der Waals surface area contributed by atoms with Gasteiger partial charge in [-0.25, -0.2) is 0 Å². The molecule has 0 radical (unpaired) electrons. The van der Waals surface area contributed by atoms with Crippen molar-refractivity contribution in [1.82, 2.24) is 0 Å². The molecule has 0 unspecified atom stereocenters. The molecule has 0 aromatic rings. The summed E-state index contributed by atoms with van der Waals surface area (Å²) in [4.78, 5) is 14.3. The van der Waals surface area contributed by atoms with Crippen LogP contribution in [0.5, 0.6) is 0 Å². The molecule has 0 saturated carbocycles. The summed E-state index contributed by atoms with van der Waals surface area (Å²) in [6.07, 6.45) is 0. The Morgan fingerprint density at radius 3 is 1.00 bits per heavy atom. The average molecular weight is 333 g/mol. The van der Waals surface area contributed by atoms with Crippen LogP contribution in [0.2, 0.25) is 0 Å². The van der Waals surface area contributed by atoms with Crippen LogP contribution in [0.1, 0.15) is 0 Å². The molecule has 0 saturated heterocycles. The topological polar surface area (TPSA) is 138 Å². The summed E-state index contributed by atoms with van der Waals surface area (Å²) in [6.45, 7) is 0. The molecule has 0 rings (SSSR count). The zero-order chi connectivity index (χ0) is 8.08. The van der Waals surface area contributed by atoms with Crippen molar-refractivity contribution in [3.63, 3.8) is 0 Å². The van der Waals surface area contributed by atoms with Crippen LogP contribution in [0.15, 0.2) is 0 Å². The van der Waals surface area contributed by atoms with E-state index >= 15 is 0 Å². The molecule has 0 bridgehead atoms. The first-order valence-corrected chi connectivity index (χ1v) is 5.64. The van der Waals surface area contributed by atoms with Crippen molar-refractivity contribution in [2.45, 2.75) is 0 Å². The predicted molar refractivity (Wildman–Crippen MR) is 28.3 cm³/mol. The van der Waals surface area contributed by atoms with Crippen LogP contribution in [0.25, 0.3) is 0 Å². The molecule has 0 heterocycles. The van der Waals surface area contributed by atoms with Gasteiger partial charge in [0.25, 0.3) is 0 Å². The second-order valence-electron chi connectivity index (χ2n) is 0.883. The van der Waals surface area contributed by atoms with E-state index in [9.17, 15) is 0 Å². The zero-order valence-corrected chi connectivity index (χ0v) is 6.65. The number of rotatable bonds is 0. The van der Waals surface area contributed by atoms with Gasteiger partial charge >= 0.3 is 90.9 Å². The molecule has 10 heteroatoms. The Morgan fingerprint density at radius 2 is 1.00 bits per heavy atom. The summed E-state index contributed by atoms with van der Waals surface area (Å²) < 4.78 is 38.2.